The minimum Gasteiger partial charge on any atom is -0.487 e. The van der Waals surface area contributed by atoms with Crippen LogP contribution in [0.4, 0.5) is 0 Å². The highest BCUT2D eigenvalue weighted by Gasteiger charge is 2.10. The fraction of sp³-hybridized carbons (Fsp3) is 0.231. The van der Waals surface area contributed by atoms with Crippen LogP contribution in [0.5, 0.6) is 5.75 Å². The van der Waals surface area contributed by atoms with Crippen LogP contribution in [-0.2, 0) is 11.4 Å². The number of amides is 1. The molecule has 1 amide bonds. The maximum Gasteiger partial charge on any atom is 0.277 e. The first-order valence-corrected chi connectivity index (χ1v) is 6.57. The highest BCUT2D eigenvalue weighted by atomic mass is 32.1. The Morgan fingerprint density at radius 3 is 2.68 bits per heavy atom. The van der Waals surface area contributed by atoms with E-state index in [-0.39, 0.29) is 5.91 Å². The smallest absolute Gasteiger partial charge is 0.277 e. The molecule has 2 rings (SSSR count). The molecule has 0 aliphatic rings. The van der Waals surface area contributed by atoms with Gasteiger partial charge in [0.1, 0.15) is 12.4 Å². The molecule has 0 bridgehead atoms. The number of aromatic nitrogens is 1. The fourth-order valence-corrected chi connectivity index (χ4v) is 1.97. The van der Waals surface area contributed by atoms with Crippen LogP contribution in [0.25, 0.3) is 0 Å². The molecule has 1 aromatic carbocycles. The molecule has 100 valence electrons. The minimum atomic E-state index is -0.200. The normalized spacial score (nSPS) is 10.2. The van der Waals surface area contributed by atoms with E-state index in [4.69, 9.17) is 9.57 Å². The summed E-state index contributed by atoms with van der Waals surface area (Å²) in [7, 11) is 3.01. The summed E-state index contributed by atoms with van der Waals surface area (Å²) in [5, 5.41) is 3.11. The summed E-state index contributed by atoms with van der Waals surface area (Å²) >= 11 is 1.53. The summed E-state index contributed by atoms with van der Waals surface area (Å²) in [6.07, 6.45) is 0. The first kappa shape index (κ1) is 13.5. The summed E-state index contributed by atoms with van der Waals surface area (Å²) in [4.78, 5) is 20.7. The van der Waals surface area contributed by atoms with Gasteiger partial charge in [-0.25, -0.2) is 10.0 Å². The Balaban J connectivity index is 1.96. The van der Waals surface area contributed by atoms with E-state index in [9.17, 15) is 4.79 Å². The zero-order chi connectivity index (χ0) is 13.7. The highest BCUT2D eigenvalue weighted by Crippen LogP contribution is 2.15. The van der Waals surface area contributed by atoms with Gasteiger partial charge in [0, 0.05) is 18.0 Å². The van der Waals surface area contributed by atoms with Crippen LogP contribution in [0.3, 0.4) is 0 Å². The second kappa shape index (κ2) is 6.31. The molecule has 0 atom stereocenters. The van der Waals surface area contributed by atoms with Crippen molar-refractivity contribution in [2.75, 3.05) is 14.2 Å². The Hall–Kier alpha value is -1.92. The second-order valence-electron chi connectivity index (χ2n) is 3.78. The summed E-state index contributed by atoms with van der Waals surface area (Å²) in [5.74, 6) is 0.498. The van der Waals surface area contributed by atoms with Crippen molar-refractivity contribution >= 4 is 17.2 Å². The number of hydrogen-bond acceptors (Lipinski definition) is 5. The molecule has 0 saturated heterocycles. The van der Waals surface area contributed by atoms with Gasteiger partial charge in [-0.15, -0.1) is 11.3 Å². The summed E-state index contributed by atoms with van der Waals surface area (Å²) in [5.41, 5.74) is 3.20. The lowest BCUT2D eigenvalue weighted by molar-refractivity contribution is -0.0757. The molecule has 5 nitrogen and oxygen atoms in total. The Bertz CT molecular complexity index is 525. The van der Waals surface area contributed by atoms with Crippen molar-refractivity contribution in [3.8, 4) is 5.75 Å². The molecule has 1 heterocycles. The third kappa shape index (κ3) is 3.52. The van der Waals surface area contributed by atoms with Crippen LogP contribution in [0.1, 0.15) is 16.1 Å². The van der Waals surface area contributed by atoms with Crippen LogP contribution in [-0.4, -0.2) is 30.1 Å². The molecule has 0 fully saturated rings. The van der Waals surface area contributed by atoms with Gasteiger partial charge in [-0.05, 0) is 24.3 Å². The lowest BCUT2D eigenvalue weighted by atomic mass is 10.2. The SMILES string of the molecule is CON(C)C(=O)c1ccc(OCc2cscn2)cc1. The van der Waals surface area contributed by atoms with Crippen molar-refractivity contribution in [3.05, 3.63) is 46.4 Å². The molecular formula is C13H14N2O3S. The maximum absolute atomic E-state index is 11.8. The zero-order valence-corrected chi connectivity index (χ0v) is 11.5. The summed E-state index contributed by atoms with van der Waals surface area (Å²) in [6.45, 7) is 0.425. The van der Waals surface area contributed by atoms with E-state index in [1.54, 1.807) is 36.8 Å². The third-order valence-corrected chi connectivity index (χ3v) is 3.17. The minimum absolute atomic E-state index is 0.200. The molecule has 0 unspecified atom stereocenters. The van der Waals surface area contributed by atoms with E-state index < -0.39 is 0 Å². The Labute approximate surface area is 115 Å². The van der Waals surface area contributed by atoms with Crippen molar-refractivity contribution in [1.29, 1.82) is 0 Å². The van der Waals surface area contributed by atoms with Crippen LogP contribution in [0, 0.1) is 0 Å². The van der Waals surface area contributed by atoms with Gasteiger partial charge in [0.05, 0.1) is 18.3 Å². The number of nitrogens with zero attached hydrogens (tertiary/aromatic N) is 2. The predicted molar refractivity (Wildman–Crippen MR) is 72.0 cm³/mol. The van der Waals surface area contributed by atoms with E-state index >= 15 is 0 Å². The fourth-order valence-electron chi connectivity index (χ4n) is 1.42. The van der Waals surface area contributed by atoms with Crippen LogP contribution >= 0.6 is 11.3 Å². The lowest BCUT2D eigenvalue weighted by Gasteiger charge is -2.13. The quantitative estimate of drug-likeness (QED) is 0.788. The molecule has 0 aliphatic heterocycles. The van der Waals surface area contributed by atoms with Gasteiger partial charge in [-0.1, -0.05) is 0 Å². The number of hydroxylamine groups is 2. The Kier molecular flexibility index (Phi) is 4.48. The van der Waals surface area contributed by atoms with Gasteiger partial charge < -0.3 is 4.74 Å². The molecule has 0 saturated carbocycles. The van der Waals surface area contributed by atoms with E-state index in [0.717, 1.165) is 5.69 Å². The Morgan fingerprint density at radius 2 is 2.11 bits per heavy atom. The molecule has 19 heavy (non-hydrogen) atoms. The number of thiazole rings is 1. The van der Waals surface area contributed by atoms with E-state index in [1.807, 2.05) is 5.38 Å². The zero-order valence-electron chi connectivity index (χ0n) is 10.7. The monoisotopic (exact) mass is 278 g/mol. The van der Waals surface area contributed by atoms with Gasteiger partial charge in [0.15, 0.2) is 0 Å². The van der Waals surface area contributed by atoms with Crippen molar-refractivity contribution in [1.82, 2.24) is 10.0 Å². The molecule has 0 spiro atoms. The third-order valence-electron chi connectivity index (χ3n) is 2.53. The molecular weight excluding hydrogens is 264 g/mol. The van der Waals surface area contributed by atoms with Crippen molar-refractivity contribution in [2.24, 2.45) is 0 Å². The molecule has 2 aromatic rings. The first-order valence-electron chi connectivity index (χ1n) is 5.63. The van der Waals surface area contributed by atoms with Gasteiger partial charge in [-0.3, -0.25) is 9.63 Å². The average molecular weight is 278 g/mol. The topological polar surface area (TPSA) is 51.7 Å². The number of benzene rings is 1. The number of rotatable bonds is 5. The van der Waals surface area contributed by atoms with Gasteiger partial charge in [0.25, 0.3) is 5.91 Å². The van der Waals surface area contributed by atoms with E-state index in [2.05, 4.69) is 4.98 Å². The molecule has 0 radical (unpaired) electrons. The Morgan fingerprint density at radius 1 is 1.37 bits per heavy atom. The number of hydrogen-bond donors (Lipinski definition) is 0. The highest BCUT2D eigenvalue weighted by molar-refractivity contribution is 7.07. The largest absolute Gasteiger partial charge is 0.487 e. The van der Waals surface area contributed by atoms with Crippen molar-refractivity contribution < 1.29 is 14.4 Å². The van der Waals surface area contributed by atoms with E-state index in [0.29, 0.717) is 17.9 Å². The number of carbonyl (C=O) groups is 1. The average Bonchev–Trinajstić information content (AvgIpc) is 2.97. The summed E-state index contributed by atoms with van der Waals surface area (Å²) < 4.78 is 5.56. The van der Waals surface area contributed by atoms with Gasteiger partial charge >= 0.3 is 0 Å². The molecule has 0 aliphatic carbocycles. The van der Waals surface area contributed by atoms with Crippen LogP contribution < -0.4 is 4.74 Å². The maximum atomic E-state index is 11.8. The molecule has 1 aromatic heterocycles. The van der Waals surface area contributed by atoms with Gasteiger partial charge in [0.2, 0.25) is 0 Å². The van der Waals surface area contributed by atoms with Crippen LogP contribution in [0.15, 0.2) is 35.2 Å². The first-order chi connectivity index (χ1) is 9.20. The predicted octanol–water partition coefficient (Wildman–Crippen LogP) is 2.36. The van der Waals surface area contributed by atoms with E-state index in [1.165, 1.54) is 23.5 Å². The van der Waals surface area contributed by atoms with Gasteiger partial charge in [-0.2, -0.15) is 0 Å². The standard InChI is InChI=1S/C13H14N2O3S/c1-15(17-2)13(16)10-3-5-12(6-4-10)18-7-11-8-19-9-14-11/h3-6,8-9H,7H2,1-2H3. The second-order valence-corrected chi connectivity index (χ2v) is 4.50. The van der Waals surface area contributed by atoms with Crippen molar-refractivity contribution in [3.63, 3.8) is 0 Å². The number of ether oxygens (including phenoxy) is 1. The number of carbonyl (C=O) groups excluding carboxylic acids is 1. The molecule has 6 heteroatoms. The van der Waals surface area contributed by atoms with Crippen LogP contribution in [0.2, 0.25) is 0 Å². The molecule has 0 N–H and O–H groups in total. The summed E-state index contributed by atoms with van der Waals surface area (Å²) in [6, 6.07) is 6.91. The van der Waals surface area contributed by atoms with Crippen molar-refractivity contribution in [2.45, 2.75) is 6.61 Å². The lowest BCUT2D eigenvalue weighted by Crippen LogP contribution is -2.25.